The molecule has 18 heavy (non-hydrogen) atoms. The Balaban J connectivity index is 1.79. The molecular weight excluding hydrogens is 257 g/mol. The van der Waals surface area contributed by atoms with Gasteiger partial charge < -0.3 is 14.8 Å². The summed E-state index contributed by atoms with van der Waals surface area (Å²) in [7, 11) is 0. The van der Waals surface area contributed by atoms with Crippen LogP contribution in [0.5, 0.6) is 0 Å². The van der Waals surface area contributed by atoms with E-state index in [0.717, 1.165) is 0 Å². The molecule has 0 radical (unpaired) electrons. The van der Waals surface area contributed by atoms with E-state index in [9.17, 15) is 4.39 Å². The van der Waals surface area contributed by atoms with E-state index in [-0.39, 0.29) is 11.9 Å². The predicted molar refractivity (Wildman–Crippen MR) is 68.0 cm³/mol. The van der Waals surface area contributed by atoms with Crippen LogP contribution >= 0.6 is 11.6 Å². The van der Waals surface area contributed by atoms with Crippen LogP contribution in [0.25, 0.3) is 0 Å². The highest BCUT2D eigenvalue weighted by Crippen LogP contribution is 2.21. The Labute approximate surface area is 111 Å². The summed E-state index contributed by atoms with van der Waals surface area (Å²) in [5, 5.41) is 3.56. The maximum atomic E-state index is 13.5. The highest BCUT2D eigenvalue weighted by molar-refractivity contribution is 6.30. The molecule has 5 heteroatoms. The van der Waals surface area contributed by atoms with Crippen molar-refractivity contribution in [1.29, 1.82) is 0 Å². The van der Waals surface area contributed by atoms with E-state index in [1.165, 1.54) is 6.07 Å². The SMILES string of the molecule is CC1(C)OCC(CNCc2ccc(Cl)cc2F)O1. The van der Waals surface area contributed by atoms with Gasteiger partial charge in [0.05, 0.1) is 12.7 Å². The normalized spacial score (nSPS) is 22.3. The highest BCUT2D eigenvalue weighted by Gasteiger charge is 2.32. The molecule has 1 saturated heterocycles. The molecule has 0 spiro atoms. The zero-order chi connectivity index (χ0) is 13.2. The molecule has 0 amide bonds. The number of hydrogen-bond acceptors (Lipinski definition) is 3. The first kappa shape index (κ1) is 13.7. The van der Waals surface area contributed by atoms with E-state index in [2.05, 4.69) is 5.32 Å². The van der Waals surface area contributed by atoms with Crippen molar-refractivity contribution in [1.82, 2.24) is 5.32 Å². The first-order valence-electron chi connectivity index (χ1n) is 5.93. The summed E-state index contributed by atoms with van der Waals surface area (Å²) in [4.78, 5) is 0. The third-order valence-electron chi connectivity index (χ3n) is 2.77. The van der Waals surface area contributed by atoms with Crippen LogP contribution in [-0.4, -0.2) is 25.0 Å². The van der Waals surface area contributed by atoms with Crippen molar-refractivity contribution in [3.8, 4) is 0 Å². The fourth-order valence-electron chi connectivity index (χ4n) is 1.90. The molecule has 0 aromatic heterocycles. The maximum Gasteiger partial charge on any atom is 0.163 e. The van der Waals surface area contributed by atoms with Gasteiger partial charge in [0.1, 0.15) is 5.82 Å². The molecule has 1 aliphatic heterocycles. The predicted octanol–water partition coefficient (Wildman–Crippen LogP) is 2.72. The molecule has 1 atom stereocenters. The topological polar surface area (TPSA) is 30.5 Å². The van der Waals surface area contributed by atoms with Gasteiger partial charge in [-0.15, -0.1) is 0 Å². The minimum atomic E-state index is -0.516. The van der Waals surface area contributed by atoms with E-state index < -0.39 is 5.79 Å². The smallest absolute Gasteiger partial charge is 0.163 e. The van der Waals surface area contributed by atoms with E-state index >= 15 is 0 Å². The molecule has 100 valence electrons. The van der Waals surface area contributed by atoms with E-state index in [0.29, 0.717) is 30.3 Å². The molecule has 0 saturated carbocycles. The van der Waals surface area contributed by atoms with Crippen molar-refractivity contribution in [3.05, 3.63) is 34.6 Å². The molecule has 1 fully saturated rings. The highest BCUT2D eigenvalue weighted by atomic mass is 35.5. The van der Waals surface area contributed by atoms with Gasteiger partial charge in [0.15, 0.2) is 5.79 Å². The number of nitrogens with one attached hydrogen (secondary N) is 1. The third kappa shape index (κ3) is 3.65. The van der Waals surface area contributed by atoms with Crippen LogP contribution in [0.2, 0.25) is 5.02 Å². The lowest BCUT2D eigenvalue weighted by Crippen LogP contribution is -2.30. The van der Waals surface area contributed by atoms with Crippen LogP contribution in [0, 0.1) is 5.82 Å². The lowest BCUT2D eigenvalue weighted by Gasteiger charge is -2.17. The average molecular weight is 274 g/mol. The second-order valence-electron chi connectivity index (χ2n) is 4.82. The molecule has 1 heterocycles. The quantitative estimate of drug-likeness (QED) is 0.915. The van der Waals surface area contributed by atoms with Gasteiger partial charge >= 0.3 is 0 Å². The van der Waals surface area contributed by atoms with Crippen LogP contribution in [0.3, 0.4) is 0 Å². The standard InChI is InChI=1S/C13H17ClFNO2/c1-13(2)17-8-11(18-13)7-16-6-9-3-4-10(14)5-12(9)15/h3-5,11,16H,6-8H2,1-2H3. The summed E-state index contributed by atoms with van der Waals surface area (Å²) in [6.45, 7) is 5.40. The molecule has 1 aromatic carbocycles. The molecular formula is C13H17ClFNO2. The third-order valence-corrected chi connectivity index (χ3v) is 3.00. The second-order valence-corrected chi connectivity index (χ2v) is 5.25. The van der Waals surface area contributed by atoms with Crippen LogP contribution < -0.4 is 5.32 Å². The molecule has 3 nitrogen and oxygen atoms in total. The van der Waals surface area contributed by atoms with E-state index in [4.69, 9.17) is 21.1 Å². The van der Waals surface area contributed by atoms with E-state index in [1.807, 2.05) is 13.8 Å². The van der Waals surface area contributed by atoms with Gasteiger partial charge in [0.2, 0.25) is 0 Å². The molecule has 1 N–H and O–H groups in total. The van der Waals surface area contributed by atoms with Gasteiger partial charge in [-0.25, -0.2) is 4.39 Å². The molecule has 0 aliphatic carbocycles. The Hall–Kier alpha value is -0.680. The van der Waals surface area contributed by atoms with Crippen LogP contribution in [0.15, 0.2) is 18.2 Å². The molecule has 0 bridgehead atoms. The number of ether oxygens (including phenoxy) is 2. The lowest BCUT2D eigenvalue weighted by molar-refractivity contribution is -0.137. The van der Waals surface area contributed by atoms with Crippen molar-refractivity contribution in [3.63, 3.8) is 0 Å². The van der Waals surface area contributed by atoms with Crippen LogP contribution in [0.4, 0.5) is 4.39 Å². The maximum absolute atomic E-state index is 13.5. The molecule has 1 unspecified atom stereocenters. The summed E-state index contributed by atoms with van der Waals surface area (Å²) in [6, 6.07) is 4.68. The van der Waals surface area contributed by atoms with Crippen LogP contribution in [-0.2, 0) is 16.0 Å². The molecule has 1 aromatic rings. The van der Waals surface area contributed by atoms with Crippen molar-refractivity contribution in [2.45, 2.75) is 32.3 Å². The Morgan fingerprint density at radius 3 is 2.89 bits per heavy atom. The number of rotatable bonds is 4. The van der Waals surface area contributed by atoms with Gasteiger partial charge in [0, 0.05) is 23.7 Å². The number of halogens is 2. The van der Waals surface area contributed by atoms with Crippen molar-refractivity contribution in [2.75, 3.05) is 13.2 Å². The zero-order valence-electron chi connectivity index (χ0n) is 10.5. The zero-order valence-corrected chi connectivity index (χ0v) is 11.3. The van der Waals surface area contributed by atoms with Gasteiger partial charge in [-0.05, 0) is 26.0 Å². The Morgan fingerprint density at radius 2 is 2.28 bits per heavy atom. The van der Waals surface area contributed by atoms with Gasteiger partial charge in [-0.3, -0.25) is 0 Å². The molecule has 2 rings (SSSR count). The number of benzene rings is 1. The fraction of sp³-hybridized carbons (Fsp3) is 0.538. The first-order valence-corrected chi connectivity index (χ1v) is 6.30. The molecule has 1 aliphatic rings. The van der Waals surface area contributed by atoms with Gasteiger partial charge in [-0.1, -0.05) is 17.7 Å². The summed E-state index contributed by atoms with van der Waals surface area (Å²) in [5.41, 5.74) is 0.595. The monoisotopic (exact) mass is 273 g/mol. The first-order chi connectivity index (χ1) is 8.46. The summed E-state index contributed by atoms with van der Waals surface area (Å²) >= 11 is 5.69. The largest absolute Gasteiger partial charge is 0.348 e. The fourth-order valence-corrected chi connectivity index (χ4v) is 2.06. The minimum Gasteiger partial charge on any atom is -0.348 e. The summed E-state index contributed by atoms with van der Waals surface area (Å²) in [5.74, 6) is -0.809. The van der Waals surface area contributed by atoms with Gasteiger partial charge in [0.25, 0.3) is 0 Å². The second kappa shape index (κ2) is 5.53. The Kier molecular flexibility index (Phi) is 4.22. The minimum absolute atomic E-state index is 0.00959. The summed E-state index contributed by atoms with van der Waals surface area (Å²) in [6.07, 6.45) is 0.00959. The lowest BCUT2D eigenvalue weighted by atomic mass is 10.2. The summed E-state index contributed by atoms with van der Waals surface area (Å²) < 4.78 is 24.6. The van der Waals surface area contributed by atoms with Crippen LogP contribution in [0.1, 0.15) is 19.4 Å². The Morgan fingerprint density at radius 1 is 1.50 bits per heavy atom. The van der Waals surface area contributed by atoms with Gasteiger partial charge in [-0.2, -0.15) is 0 Å². The van der Waals surface area contributed by atoms with E-state index in [1.54, 1.807) is 12.1 Å². The van der Waals surface area contributed by atoms with Crippen molar-refractivity contribution >= 4 is 11.6 Å². The van der Waals surface area contributed by atoms with Crippen molar-refractivity contribution < 1.29 is 13.9 Å². The van der Waals surface area contributed by atoms with Crippen molar-refractivity contribution in [2.24, 2.45) is 0 Å². The average Bonchev–Trinajstić information content (AvgIpc) is 2.61. The Bertz CT molecular complexity index is 425. The number of hydrogen-bond donors (Lipinski definition) is 1.